The Bertz CT molecular complexity index is 1910. The fourth-order valence-electron chi connectivity index (χ4n) is 6.92. The summed E-state index contributed by atoms with van der Waals surface area (Å²) < 4.78 is 19.6. The van der Waals surface area contributed by atoms with Crippen molar-refractivity contribution in [1.82, 2.24) is 15.3 Å². The van der Waals surface area contributed by atoms with Gasteiger partial charge in [-0.2, -0.15) is 5.10 Å². The molecule has 3 aliphatic heterocycles. The van der Waals surface area contributed by atoms with Crippen LogP contribution in [0.1, 0.15) is 32.3 Å². The highest BCUT2D eigenvalue weighted by Gasteiger charge is 2.46. The third-order valence-electron chi connectivity index (χ3n) is 10.0. The lowest BCUT2D eigenvalue weighted by Crippen LogP contribution is -2.46. The van der Waals surface area contributed by atoms with E-state index in [0.717, 1.165) is 85.5 Å². The van der Waals surface area contributed by atoms with E-state index in [0.29, 0.717) is 25.4 Å². The van der Waals surface area contributed by atoms with Gasteiger partial charge < -0.3 is 29.3 Å². The Labute approximate surface area is 311 Å². The van der Waals surface area contributed by atoms with E-state index in [2.05, 4.69) is 50.6 Å². The van der Waals surface area contributed by atoms with Crippen LogP contribution in [0.4, 0.5) is 21.9 Å². The molecule has 3 aliphatic rings. The van der Waals surface area contributed by atoms with Gasteiger partial charge in [-0.05, 0) is 80.4 Å². The molecule has 2 saturated heterocycles. The van der Waals surface area contributed by atoms with Crippen LogP contribution in [0.2, 0.25) is 0 Å². The predicted octanol–water partition coefficient (Wildman–Crippen LogP) is 6.38. The zero-order chi connectivity index (χ0) is 36.6. The second-order valence-electron chi connectivity index (χ2n) is 13.6. The van der Waals surface area contributed by atoms with Gasteiger partial charge in [-0.3, -0.25) is 20.3 Å². The van der Waals surface area contributed by atoms with Gasteiger partial charge in [0.2, 0.25) is 5.79 Å². The maximum absolute atomic E-state index is 12.6. The van der Waals surface area contributed by atoms with E-state index < -0.39 is 5.79 Å². The molecule has 53 heavy (non-hydrogen) atoms. The minimum Gasteiger partial charge on any atom is -0.491 e. The molecule has 0 radical (unpaired) electrons. The minimum absolute atomic E-state index is 0.0421. The average molecular weight is 717 g/mol. The van der Waals surface area contributed by atoms with Gasteiger partial charge in [-0.1, -0.05) is 37.3 Å². The molecular formula is C41H48N8O4. The predicted molar refractivity (Wildman–Crippen MR) is 210 cm³/mol. The number of hydrogen-bond acceptors (Lipinski definition) is 10. The molecule has 4 aromatic rings. The average Bonchev–Trinajstić information content (AvgIpc) is 3.44. The van der Waals surface area contributed by atoms with Crippen molar-refractivity contribution < 1.29 is 19.0 Å². The van der Waals surface area contributed by atoms with Crippen LogP contribution in [0.3, 0.4) is 0 Å². The van der Waals surface area contributed by atoms with Gasteiger partial charge in [-0.15, -0.1) is 0 Å². The Morgan fingerprint density at radius 2 is 1.74 bits per heavy atom. The fourth-order valence-corrected chi connectivity index (χ4v) is 6.92. The Balaban J connectivity index is 0.937. The first-order valence-corrected chi connectivity index (χ1v) is 18.5. The number of ether oxygens (including phenoxy) is 3. The number of fused-ring (bicyclic) bond motifs is 1. The second-order valence-corrected chi connectivity index (χ2v) is 13.6. The highest BCUT2D eigenvalue weighted by atomic mass is 16.8. The smallest absolute Gasteiger partial charge is 0.327 e. The Hall–Kier alpha value is -5.46. The van der Waals surface area contributed by atoms with Crippen molar-refractivity contribution in [2.24, 2.45) is 5.10 Å². The van der Waals surface area contributed by atoms with Crippen LogP contribution < -0.4 is 24.8 Å². The summed E-state index contributed by atoms with van der Waals surface area (Å²) in [6.45, 7) is 9.39. The number of para-hydroxylation sites is 1. The summed E-state index contributed by atoms with van der Waals surface area (Å²) in [6, 6.07) is 25.9. The molecule has 4 heterocycles. The number of carbonyl (C=O) groups excluding carboxylic acids is 1. The highest BCUT2D eigenvalue weighted by molar-refractivity contribution is 6.06. The largest absolute Gasteiger partial charge is 0.491 e. The van der Waals surface area contributed by atoms with E-state index in [9.17, 15) is 4.79 Å². The van der Waals surface area contributed by atoms with E-state index in [1.165, 1.54) is 4.90 Å². The molecule has 0 saturated carbocycles. The SMILES string of the molecule is CCC(C)NC(=O)N(C=N)c1ccc(N2CCN(c3ccc(OCC4COC(CN5CCC=CC=N5)(c5cccc6cccnc56)O4)cc3)CC2)cc1. The first-order valence-electron chi connectivity index (χ1n) is 18.5. The Kier molecular flexibility index (Phi) is 11.2. The number of amides is 2. The number of hydrazone groups is 1. The topological polar surface area (TPSA) is 119 Å². The number of allylic oxidation sites excluding steroid dienone is 1. The molecule has 276 valence electrons. The number of rotatable bonds is 12. The summed E-state index contributed by atoms with van der Waals surface area (Å²) >= 11 is 0. The summed E-state index contributed by atoms with van der Waals surface area (Å²) in [5, 5.41) is 18.4. The molecule has 3 aromatic carbocycles. The number of carbonyl (C=O) groups is 1. The number of benzene rings is 3. The van der Waals surface area contributed by atoms with Gasteiger partial charge in [0.25, 0.3) is 0 Å². The number of hydrogen-bond donors (Lipinski definition) is 2. The molecule has 0 aliphatic carbocycles. The normalized spacial score (nSPS) is 20.6. The second kappa shape index (κ2) is 16.5. The van der Waals surface area contributed by atoms with Gasteiger partial charge in [0.05, 0.1) is 30.7 Å². The van der Waals surface area contributed by atoms with Crippen molar-refractivity contribution in [3.8, 4) is 5.75 Å². The number of anilines is 3. The van der Waals surface area contributed by atoms with Crippen molar-refractivity contribution in [1.29, 1.82) is 5.41 Å². The lowest BCUT2D eigenvalue weighted by Gasteiger charge is -2.37. The number of nitrogens with zero attached hydrogens (tertiary/aromatic N) is 6. The summed E-state index contributed by atoms with van der Waals surface area (Å²) in [5.74, 6) is -0.261. The van der Waals surface area contributed by atoms with Crippen molar-refractivity contribution in [2.45, 2.75) is 44.6 Å². The fraction of sp³-hybridized carbons (Fsp3) is 0.366. The van der Waals surface area contributed by atoms with Crippen molar-refractivity contribution >= 4 is 46.5 Å². The number of urea groups is 1. The van der Waals surface area contributed by atoms with Gasteiger partial charge in [0.15, 0.2) is 0 Å². The Morgan fingerprint density at radius 3 is 2.45 bits per heavy atom. The van der Waals surface area contributed by atoms with Crippen LogP contribution in [0, 0.1) is 5.41 Å². The quantitative estimate of drug-likeness (QED) is 0.128. The molecule has 7 rings (SSSR count). The van der Waals surface area contributed by atoms with E-state index in [1.807, 2.05) is 85.7 Å². The van der Waals surface area contributed by atoms with Gasteiger partial charge in [0.1, 0.15) is 18.5 Å². The van der Waals surface area contributed by atoms with Crippen molar-refractivity contribution in [2.75, 3.05) is 67.2 Å². The molecule has 3 unspecified atom stereocenters. The third kappa shape index (κ3) is 8.29. The number of piperazine rings is 1. The standard InChI is InChI=1S/C41H48N8O4/c1-3-31(2)45-40(50)49(30-42)35-14-12-33(13-15-35)46-23-25-47(26-24-46)34-16-18-36(19-17-34)51-27-37-28-52-41(53-37,29-48-22-6-4-5-21-44-48)38-11-7-9-32-10-8-20-43-39(32)38/h4-5,7-21,30-31,37,42H,3,6,22-29H2,1-2H3,(H,45,50). The van der Waals surface area contributed by atoms with E-state index in [-0.39, 0.29) is 18.2 Å². The van der Waals surface area contributed by atoms with Gasteiger partial charge in [0, 0.05) is 73.5 Å². The first-order chi connectivity index (χ1) is 25.9. The zero-order valence-electron chi connectivity index (χ0n) is 30.4. The Morgan fingerprint density at radius 1 is 1.02 bits per heavy atom. The van der Waals surface area contributed by atoms with Gasteiger partial charge in [-0.25, -0.2) is 4.79 Å². The molecule has 2 fully saturated rings. The van der Waals surface area contributed by atoms with Crippen LogP contribution >= 0.6 is 0 Å². The molecule has 2 amide bonds. The molecule has 3 atom stereocenters. The van der Waals surface area contributed by atoms with Crippen LogP contribution in [-0.2, 0) is 15.3 Å². The minimum atomic E-state index is -1.04. The molecule has 0 spiro atoms. The van der Waals surface area contributed by atoms with Crippen LogP contribution in [0.25, 0.3) is 10.9 Å². The monoisotopic (exact) mass is 716 g/mol. The number of pyridine rings is 1. The lowest BCUT2D eigenvalue weighted by atomic mass is 10.0. The van der Waals surface area contributed by atoms with Gasteiger partial charge >= 0.3 is 6.03 Å². The lowest BCUT2D eigenvalue weighted by molar-refractivity contribution is -0.190. The summed E-state index contributed by atoms with van der Waals surface area (Å²) in [5.41, 5.74) is 4.66. The molecule has 12 nitrogen and oxygen atoms in total. The zero-order valence-corrected chi connectivity index (χ0v) is 30.4. The molecule has 0 bridgehead atoms. The van der Waals surface area contributed by atoms with E-state index in [1.54, 1.807) is 6.20 Å². The number of nitrogens with one attached hydrogen (secondary N) is 2. The first kappa shape index (κ1) is 35.9. The van der Waals surface area contributed by atoms with Crippen LogP contribution in [-0.4, -0.2) is 93.2 Å². The maximum Gasteiger partial charge on any atom is 0.327 e. The van der Waals surface area contributed by atoms with E-state index in [4.69, 9.17) is 24.6 Å². The summed E-state index contributed by atoms with van der Waals surface area (Å²) in [6.07, 6.45) is 10.2. The molecule has 12 heteroatoms. The number of aromatic nitrogens is 1. The maximum atomic E-state index is 12.6. The van der Waals surface area contributed by atoms with Crippen molar-refractivity contribution in [3.63, 3.8) is 0 Å². The third-order valence-corrected chi connectivity index (χ3v) is 10.0. The van der Waals surface area contributed by atoms with Crippen LogP contribution in [0.5, 0.6) is 5.75 Å². The van der Waals surface area contributed by atoms with Crippen LogP contribution in [0.15, 0.2) is 102 Å². The summed E-state index contributed by atoms with van der Waals surface area (Å²) in [7, 11) is 0. The molecule has 1 aromatic heterocycles. The van der Waals surface area contributed by atoms with Crippen molar-refractivity contribution in [3.05, 3.63) is 103 Å². The molecular weight excluding hydrogens is 669 g/mol. The summed E-state index contributed by atoms with van der Waals surface area (Å²) in [4.78, 5) is 23.4. The van der Waals surface area contributed by atoms with E-state index >= 15 is 0 Å². The highest BCUT2D eigenvalue weighted by Crippen LogP contribution is 2.39. The molecule has 2 N–H and O–H groups in total.